The maximum Gasteiger partial charge on any atom is 0.227 e. The molecule has 0 N–H and O–H groups in total. The number of hydrogen-bond donors (Lipinski definition) is 0. The summed E-state index contributed by atoms with van der Waals surface area (Å²) >= 11 is 0. The molecule has 1 amide bonds. The second kappa shape index (κ2) is 6.33. The zero-order chi connectivity index (χ0) is 18.4. The lowest BCUT2D eigenvalue weighted by molar-refractivity contribution is -0.136. The molecular weight excluding hydrogens is 344 g/mol. The number of imidazole rings is 1. The Kier molecular flexibility index (Phi) is 3.80. The average Bonchev–Trinajstić information content (AvgIpc) is 3.33. The van der Waals surface area contributed by atoms with E-state index in [9.17, 15) is 4.79 Å². The van der Waals surface area contributed by atoms with E-state index in [-0.39, 0.29) is 11.8 Å². The number of rotatable bonds is 2. The van der Waals surface area contributed by atoms with Crippen molar-refractivity contribution in [3.05, 3.63) is 30.7 Å². The number of aromatic nitrogens is 6. The fourth-order valence-corrected chi connectivity index (χ4v) is 4.17. The topological polar surface area (TPSA) is 85.0 Å². The van der Waals surface area contributed by atoms with Crippen LogP contribution >= 0.6 is 0 Å². The van der Waals surface area contributed by atoms with Gasteiger partial charge < -0.3 is 14.4 Å². The lowest BCUT2D eigenvalue weighted by atomic mass is 9.96. The van der Waals surface area contributed by atoms with Crippen molar-refractivity contribution in [2.75, 3.05) is 31.1 Å². The van der Waals surface area contributed by atoms with Crippen LogP contribution in [0.2, 0.25) is 0 Å². The van der Waals surface area contributed by atoms with Crippen LogP contribution in [0.25, 0.3) is 11.0 Å². The molecule has 9 nitrogen and oxygen atoms in total. The molecule has 1 unspecified atom stereocenters. The molecule has 0 radical (unpaired) electrons. The molecule has 27 heavy (non-hydrogen) atoms. The zero-order valence-corrected chi connectivity index (χ0v) is 15.3. The van der Waals surface area contributed by atoms with Crippen molar-refractivity contribution >= 4 is 22.8 Å². The standard InChI is InChI=1S/C18H22N8O/c1-23-16-15(9-22-23)17(21-11-20-16)24-4-6-25(7-5-24)18(27)13-2-3-14-8-19-12-26(14)10-13/h8-9,11-13H,2-7,10H2,1H3. The van der Waals surface area contributed by atoms with Crippen LogP contribution in [0.15, 0.2) is 25.0 Å². The second-order valence-corrected chi connectivity index (χ2v) is 7.29. The predicted molar refractivity (Wildman–Crippen MR) is 99.1 cm³/mol. The van der Waals surface area contributed by atoms with Crippen molar-refractivity contribution in [3.63, 3.8) is 0 Å². The van der Waals surface area contributed by atoms with Gasteiger partial charge in [-0.2, -0.15) is 5.10 Å². The lowest BCUT2D eigenvalue weighted by Crippen LogP contribution is -2.51. The first-order valence-electron chi connectivity index (χ1n) is 9.36. The van der Waals surface area contributed by atoms with Crippen LogP contribution in [0.3, 0.4) is 0 Å². The average molecular weight is 366 g/mol. The van der Waals surface area contributed by atoms with Gasteiger partial charge in [0, 0.05) is 51.7 Å². The number of piperazine rings is 1. The maximum absolute atomic E-state index is 13.0. The van der Waals surface area contributed by atoms with Crippen LogP contribution in [-0.4, -0.2) is 66.3 Å². The van der Waals surface area contributed by atoms with Gasteiger partial charge in [0.25, 0.3) is 0 Å². The monoisotopic (exact) mass is 366 g/mol. The minimum absolute atomic E-state index is 0.0577. The van der Waals surface area contributed by atoms with E-state index >= 15 is 0 Å². The first-order chi connectivity index (χ1) is 13.2. The van der Waals surface area contributed by atoms with E-state index < -0.39 is 0 Å². The molecule has 5 heterocycles. The number of carbonyl (C=O) groups is 1. The Balaban J connectivity index is 1.27. The van der Waals surface area contributed by atoms with Crippen LogP contribution in [0, 0.1) is 5.92 Å². The van der Waals surface area contributed by atoms with Crippen molar-refractivity contribution in [1.82, 2.24) is 34.2 Å². The highest BCUT2D eigenvalue weighted by atomic mass is 16.2. The molecule has 3 aromatic heterocycles. The fourth-order valence-electron chi connectivity index (χ4n) is 4.17. The Morgan fingerprint density at radius 1 is 1.15 bits per heavy atom. The van der Waals surface area contributed by atoms with Gasteiger partial charge in [-0.05, 0) is 12.8 Å². The van der Waals surface area contributed by atoms with E-state index in [1.807, 2.05) is 30.7 Å². The summed E-state index contributed by atoms with van der Waals surface area (Å²) in [6, 6.07) is 0. The number of nitrogens with zero attached hydrogens (tertiary/aromatic N) is 8. The predicted octanol–water partition coefficient (Wildman–Crippen LogP) is 0.471. The zero-order valence-electron chi connectivity index (χ0n) is 15.3. The molecule has 9 heteroatoms. The van der Waals surface area contributed by atoms with Gasteiger partial charge in [0.2, 0.25) is 5.91 Å². The summed E-state index contributed by atoms with van der Waals surface area (Å²) in [4.78, 5) is 30.2. The van der Waals surface area contributed by atoms with E-state index in [4.69, 9.17) is 0 Å². The Labute approximate surface area is 156 Å². The highest BCUT2D eigenvalue weighted by molar-refractivity contribution is 5.87. The van der Waals surface area contributed by atoms with Gasteiger partial charge in [0.15, 0.2) is 5.65 Å². The van der Waals surface area contributed by atoms with Crippen LogP contribution in [0.1, 0.15) is 12.1 Å². The number of aryl methyl sites for hydroxylation is 2. The number of amides is 1. The molecule has 1 atom stereocenters. The second-order valence-electron chi connectivity index (χ2n) is 7.29. The number of anilines is 1. The number of hydrogen-bond acceptors (Lipinski definition) is 6. The summed E-state index contributed by atoms with van der Waals surface area (Å²) in [7, 11) is 1.88. The van der Waals surface area contributed by atoms with Gasteiger partial charge in [-0.25, -0.2) is 15.0 Å². The van der Waals surface area contributed by atoms with E-state index in [1.165, 1.54) is 5.69 Å². The van der Waals surface area contributed by atoms with Crippen molar-refractivity contribution in [2.45, 2.75) is 19.4 Å². The van der Waals surface area contributed by atoms with Gasteiger partial charge in [0.05, 0.1) is 23.8 Å². The van der Waals surface area contributed by atoms with Crippen LogP contribution in [0.4, 0.5) is 5.82 Å². The largest absolute Gasteiger partial charge is 0.352 e. The molecular formula is C18H22N8O. The Morgan fingerprint density at radius 3 is 2.85 bits per heavy atom. The van der Waals surface area contributed by atoms with Crippen molar-refractivity contribution in [2.24, 2.45) is 13.0 Å². The van der Waals surface area contributed by atoms with Gasteiger partial charge >= 0.3 is 0 Å². The molecule has 140 valence electrons. The summed E-state index contributed by atoms with van der Waals surface area (Å²) in [6.45, 7) is 3.73. The summed E-state index contributed by atoms with van der Waals surface area (Å²) in [6.07, 6.45) is 8.97. The third-order valence-electron chi connectivity index (χ3n) is 5.71. The summed E-state index contributed by atoms with van der Waals surface area (Å²) < 4.78 is 3.87. The van der Waals surface area contributed by atoms with E-state index in [0.717, 1.165) is 62.4 Å². The van der Waals surface area contributed by atoms with Gasteiger partial charge in [-0.15, -0.1) is 0 Å². The Bertz CT molecular complexity index is 984. The van der Waals surface area contributed by atoms with Gasteiger partial charge in [-0.1, -0.05) is 0 Å². The molecule has 0 saturated carbocycles. The van der Waals surface area contributed by atoms with Crippen LogP contribution in [-0.2, 0) is 24.8 Å². The fraction of sp³-hybridized carbons (Fsp3) is 0.500. The molecule has 0 spiro atoms. The van der Waals surface area contributed by atoms with Crippen LogP contribution < -0.4 is 4.90 Å². The quantitative estimate of drug-likeness (QED) is 0.656. The molecule has 0 aliphatic carbocycles. The van der Waals surface area contributed by atoms with E-state index in [2.05, 4.69) is 29.5 Å². The van der Waals surface area contributed by atoms with Crippen molar-refractivity contribution in [1.29, 1.82) is 0 Å². The normalized spacial score (nSPS) is 20.1. The van der Waals surface area contributed by atoms with Gasteiger partial charge in [-0.3, -0.25) is 9.48 Å². The van der Waals surface area contributed by atoms with E-state index in [1.54, 1.807) is 11.0 Å². The molecule has 2 aliphatic rings. The Hall–Kier alpha value is -2.97. The smallest absolute Gasteiger partial charge is 0.227 e. The molecule has 3 aromatic rings. The lowest BCUT2D eigenvalue weighted by Gasteiger charge is -2.37. The summed E-state index contributed by atoms with van der Waals surface area (Å²) in [5.41, 5.74) is 2.06. The highest BCUT2D eigenvalue weighted by Gasteiger charge is 2.31. The minimum atomic E-state index is 0.0577. The third-order valence-corrected chi connectivity index (χ3v) is 5.71. The Morgan fingerprint density at radius 2 is 2.00 bits per heavy atom. The summed E-state index contributed by atoms with van der Waals surface area (Å²) in [5, 5.41) is 5.24. The minimum Gasteiger partial charge on any atom is -0.352 e. The third kappa shape index (κ3) is 2.73. The van der Waals surface area contributed by atoms with Crippen LogP contribution in [0.5, 0.6) is 0 Å². The first-order valence-corrected chi connectivity index (χ1v) is 9.36. The van der Waals surface area contributed by atoms with Crippen molar-refractivity contribution in [3.8, 4) is 0 Å². The first kappa shape index (κ1) is 16.2. The molecule has 2 aliphatic heterocycles. The van der Waals surface area contributed by atoms with Crippen molar-refractivity contribution < 1.29 is 4.79 Å². The number of carbonyl (C=O) groups excluding carboxylic acids is 1. The highest BCUT2D eigenvalue weighted by Crippen LogP contribution is 2.25. The van der Waals surface area contributed by atoms with Gasteiger partial charge in [0.1, 0.15) is 12.1 Å². The summed E-state index contributed by atoms with van der Waals surface area (Å²) in [5.74, 6) is 1.23. The number of fused-ring (bicyclic) bond motifs is 2. The molecule has 0 aromatic carbocycles. The SMILES string of the molecule is Cn1ncc2c(N3CCN(C(=O)C4CCc5cncn5C4)CC3)ncnc21. The molecule has 1 fully saturated rings. The molecule has 0 bridgehead atoms. The molecule has 1 saturated heterocycles. The maximum atomic E-state index is 13.0. The van der Waals surface area contributed by atoms with E-state index in [0.29, 0.717) is 0 Å². The molecule has 5 rings (SSSR count).